The number of carbonyl (C=O) groups is 1. The monoisotopic (exact) mass is 467 g/mol. The molecular formula is C27H25N5OS. The number of nitrogens with zero attached hydrogens (tertiary/aromatic N) is 5. The Balaban J connectivity index is 1.38. The minimum absolute atomic E-state index is 0.0618. The molecule has 5 aromatic rings. The maximum absolute atomic E-state index is 13.4. The third kappa shape index (κ3) is 3.80. The summed E-state index contributed by atoms with van der Waals surface area (Å²) in [6.07, 6.45) is 8.29. The number of fused-ring (bicyclic) bond motifs is 2. The van der Waals surface area contributed by atoms with Crippen molar-refractivity contribution in [2.45, 2.75) is 43.5 Å². The van der Waals surface area contributed by atoms with Crippen molar-refractivity contribution < 1.29 is 4.79 Å². The first-order valence-corrected chi connectivity index (χ1v) is 12.8. The first-order valence-electron chi connectivity index (χ1n) is 11.6. The molecule has 0 spiro atoms. The molecular weight excluding hydrogens is 442 g/mol. The van der Waals surface area contributed by atoms with Crippen LogP contribution in [0, 0.1) is 6.92 Å². The second-order valence-corrected chi connectivity index (χ2v) is 9.82. The molecule has 0 atom stereocenters. The number of thioether (sulfide) groups is 1. The molecule has 0 N–H and O–H groups in total. The topological polar surface area (TPSA) is 65.1 Å². The first kappa shape index (κ1) is 21.1. The van der Waals surface area contributed by atoms with E-state index in [0.717, 1.165) is 56.9 Å². The Kier molecular flexibility index (Phi) is 5.21. The molecule has 7 heteroatoms. The van der Waals surface area contributed by atoms with E-state index in [0.29, 0.717) is 24.6 Å². The number of hydrogen-bond acceptors (Lipinski definition) is 5. The van der Waals surface area contributed by atoms with Gasteiger partial charge in [0.25, 0.3) is 0 Å². The Hall–Kier alpha value is -3.45. The standard InChI is InChI=1S/C27H25N5OS/c1-17-5-3-7-20(29-17)16-32-22-8-4-6-19(26(22)27(30-32)18-9-10-18)13-24(33)23-15-28-25-14-21(34-2)11-12-31(23)25/h3-8,11-12,14-15,18H,9-10,13,16H2,1-2H3. The van der Waals surface area contributed by atoms with E-state index in [9.17, 15) is 4.79 Å². The van der Waals surface area contributed by atoms with Crippen LogP contribution in [0.25, 0.3) is 16.6 Å². The van der Waals surface area contributed by atoms with Crippen LogP contribution in [0.15, 0.2) is 65.8 Å². The van der Waals surface area contributed by atoms with Gasteiger partial charge in [-0.3, -0.25) is 18.9 Å². The van der Waals surface area contributed by atoms with E-state index in [4.69, 9.17) is 5.10 Å². The number of benzene rings is 1. The lowest BCUT2D eigenvalue weighted by Crippen LogP contribution is -2.07. The fraction of sp³-hybridized carbons (Fsp3) is 0.259. The van der Waals surface area contributed by atoms with Gasteiger partial charge in [0.2, 0.25) is 0 Å². The molecule has 0 radical (unpaired) electrons. The summed E-state index contributed by atoms with van der Waals surface area (Å²) in [5, 5.41) is 6.15. The lowest BCUT2D eigenvalue weighted by Gasteiger charge is -2.07. The quantitative estimate of drug-likeness (QED) is 0.235. The predicted octanol–water partition coefficient (Wildman–Crippen LogP) is 5.46. The van der Waals surface area contributed by atoms with Crippen molar-refractivity contribution in [2.24, 2.45) is 0 Å². The second kappa shape index (κ2) is 8.40. The summed E-state index contributed by atoms with van der Waals surface area (Å²) in [7, 11) is 0. The Morgan fingerprint density at radius 1 is 1.15 bits per heavy atom. The Bertz CT molecular complexity index is 1550. The van der Waals surface area contributed by atoms with Crippen molar-refractivity contribution in [1.82, 2.24) is 24.1 Å². The Labute approximate surface area is 202 Å². The van der Waals surface area contributed by atoms with E-state index in [2.05, 4.69) is 26.8 Å². The van der Waals surface area contributed by atoms with E-state index in [1.165, 1.54) is 0 Å². The molecule has 0 unspecified atom stereocenters. The molecule has 0 saturated heterocycles. The van der Waals surface area contributed by atoms with Gasteiger partial charge in [-0.05, 0) is 61.9 Å². The number of aryl methyl sites for hydroxylation is 1. The second-order valence-electron chi connectivity index (χ2n) is 8.94. The largest absolute Gasteiger partial charge is 0.297 e. The van der Waals surface area contributed by atoms with Crippen LogP contribution >= 0.6 is 11.8 Å². The van der Waals surface area contributed by atoms with Gasteiger partial charge >= 0.3 is 0 Å². The van der Waals surface area contributed by atoms with Gasteiger partial charge in [0.15, 0.2) is 5.78 Å². The SMILES string of the molecule is CSc1ccn2c(C(=O)Cc3cccc4c3c(C3CC3)nn4Cc3cccc(C)n3)cnc2c1. The molecule has 1 saturated carbocycles. The highest BCUT2D eigenvalue weighted by atomic mass is 32.2. The fourth-order valence-electron chi connectivity index (χ4n) is 4.64. The van der Waals surface area contributed by atoms with Gasteiger partial charge in [-0.2, -0.15) is 5.10 Å². The van der Waals surface area contributed by atoms with Crippen LogP contribution in [0.4, 0.5) is 0 Å². The van der Waals surface area contributed by atoms with E-state index in [-0.39, 0.29) is 5.78 Å². The van der Waals surface area contributed by atoms with E-state index in [1.54, 1.807) is 18.0 Å². The van der Waals surface area contributed by atoms with Gasteiger partial charge < -0.3 is 0 Å². The highest BCUT2D eigenvalue weighted by Crippen LogP contribution is 2.43. The third-order valence-electron chi connectivity index (χ3n) is 6.47. The number of carbonyl (C=O) groups excluding carboxylic acids is 1. The average molecular weight is 468 g/mol. The van der Waals surface area contributed by atoms with Crippen LogP contribution < -0.4 is 0 Å². The number of Topliss-reactive ketones (excluding diaryl/α,β-unsaturated/α-hetero) is 1. The van der Waals surface area contributed by atoms with Crippen molar-refractivity contribution >= 4 is 34.1 Å². The Morgan fingerprint density at radius 2 is 2.00 bits per heavy atom. The zero-order valence-electron chi connectivity index (χ0n) is 19.2. The smallest absolute Gasteiger partial charge is 0.185 e. The van der Waals surface area contributed by atoms with Crippen LogP contribution in [0.2, 0.25) is 0 Å². The van der Waals surface area contributed by atoms with Crippen LogP contribution in [-0.2, 0) is 13.0 Å². The van der Waals surface area contributed by atoms with Gasteiger partial charge in [0.1, 0.15) is 11.3 Å². The molecule has 170 valence electrons. The number of imidazole rings is 1. The van der Waals surface area contributed by atoms with Crippen molar-refractivity contribution in [3.8, 4) is 0 Å². The molecule has 1 aliphatic carbocycles. The molecule has 1 aliphatic rings. The minimum atomic E-state index is 0.0618. The molecule has 0 bridgehead atoms. The molecule has 4 heterocycles. The molecule has 34 heavy (non-hydrogen) atoms. The van der Waals surface area contributed by atoms with Gasteiger partial charge in [-0.25, -0.2) is 4.98 Å². The third-order valence-corrected chi connectivity index (χ3v) is 7.20. The number of ketones is 1. The van der Waals surface area contributed by atoms with Crippen LogP contribution in [0.5, 0.6) is 0 Å². The highest BCUT2D eigenvalue weighted by molar-refractivity contribution is 7.98. The van der Waals surface area contributed by atoms with Crippen LogP contribution in [-0.4, -0.2) is 36.2 Å². The van der Waals surface area contributed by atoms with E-state index in [1.807, 2.05) is 60.2 Å². The normalized spacial score (nSPS) is 13.7. The summed E-state index contributed by atoms with van der Waals surface area (Å²) in [6, 6.07) is 16.3. The van der Waals surface area contributed by atoms with Crippen LogP contribution in [0.1, 0.15) is 51.9 Å². The highest BCUT2D eigenvalue weighted by Gasteiger charge is 2.30. The van der Waals surface area contributed by atoms with Gasteiger partial charge in [-0.1, -0.05) is 18.2 Å². The summed E-state index contributed by atoms with van der Waals surface area (Å²) >= 11 is 1.67. The number of rotatable bonds is 7. The average Bonchev–Trinajstić information content (AvgIpc) is 3.49. The Morgan fingerprint density at radius 3 is 2.79 bits per heavy atom. The zero-order chi connectivity index (χ0) is 23.2. The summed E-state index contributed by atoms with van der Waals surface area (Å²) < 4.78 is 3.94. The minimum Gasteiger partial charge on any atom is -0.297 e. The first-order chi connectivity index (χ1) is 16.6. The summed E-state index contributed by atoms with van der Waals surface area (Å²) in [5.74, 6) is 0.540. The summed E-state index contributed by atoms with van der Waals surface area (Å²) in [5.41, 5.74) is 6.62. The van der Waals surface area contributed by atoms with Crippen molar-refractivity contribution in [3.63, 3.8) is 0 Å². The predicted molar refractivity (Wildman–Crippen MR) is 135 cm³/mol. The number of hydrogen-bond donors (Lipinski definition) is 0. The number of pyridine rings is 2. The van der Waals surface area contributed by atoms with Crippen LogP contribution in [0.3, 0.4) is 0 Å². The molecule has 1 aromatic carbocycles. The lowest BCUT2D eigenvalue weighted by atomic mass is 10.00. The molecule has 6 nitrogen and oxygen atoms in total. The summed E-state index contributed by atoms with van der Waals surface area (Å²) in [4.78, 5) is 23.7. The molecule has 0 aliphatic heterocycles. The van der Waals surface area contributed by atoms with Gasteiger partial charge in [0.05, 0.1) is 29.6 Å². The molecule has 4 aromatic heterocycles. The zero-order valence-corrected chi connectivity index (χ0v) is 20.0. The summed E-state index contributed by atoms with van der Waals surface area (Å²) in [6.45, 7) is 2.62. The fourth-order valence-corrected chi connectivity index (χ4v) is 5.06. The molecule has 0 amide bonds. The van der Waals surface area contributed by atoms with Crippen molar-refractivity contribution in [1.29, 1.82) is 0 Å². The van der Waals surface area contributed by atoms with Gasteiger partial charge in [-0.15, -0.1) is 11.8 Å². The molecule has 1 fully saturated rings. The maximum atomic E-state index is 13.4. The lowest BCUT2D eigenvalue weighted by molar-refractivity contribution is 0.0987. The number of aromatic nitrogens is 5. The molecule has 6 rings (SSSR count). The van der Waals surface area contributed by atoms with Crippen molar-refractivity contribution in [2.75, 3.05) is 6.26 Å². The van der Waals surface area contributed by atoms with Gasteiger partial charge in [0, 0.05) is 34.5 Å². The maximum Gasteiger partial charge on any atom is 0.185 e. The van der Waals surface area contributed by atoms with E-state index >= 15 is 0 Å². The van der Waals surface area contributed by atoms with Crippen molar-refractivity contribution in [3.05, 3.63) is 89.3 Å². The van der Waals surface area contributed by atoms with E-state index < -0.39 is 0 Å².